The summed E-state index contributed by atoms with van der Waals surface area (Å²) < 4.78 is 0. The zero-order chi connectivity index (χ0) is 17.7. The zero-order valence-electron chi connectivity index (χ0n) is 15.0. The van der Waals surface area contributed by atoms with Gasteiger partial charge in [0.1, 0.15) is 10.6 Å². The average Bonchev–Trinajstić information content (AvgIpc) is 3.28. The molecule has 3 N–H and O–H groups in total. The maximum absolute atomic E-state index is 4.77. The Morgan fingerprint density at radius 1 is 1.23 bits per heavy atom. The van der Waals surface area contributed by atoms with Crippen molar-refractivity contribution in [1.82, 2.24) is 25.1 Å². The van der Waals surface area contributed by atoms with Crippen LogP contribution in [0.5, 0.6) is 0 Å². The quantitative estimate of drug-likeness (QED) is 0.653. The number of piperidine rings is 1. The number of H-pyrrole nitrogens is 1. The van der Waals surface area contributed by atoms with E-state index in [9.17, 15) is 0 Å². The van der Waals surface area contributed by atoms with Crippen molar-refractivity contribution in [1.29, 1.82) is 0 Å². The third kappa shape index (κ3) is 2.83. The van der Waals surface area contributed by atoms with Gasteiger partial charge in [-0.05, 0) is 51.1 Å². The summed E-state index contributed by atoms with van der Waals surface area (Å²) in [6.07, 6.45) is 4.96. The molecule has 0 unspecified atom stereocenters. The molecule has 2 aliphatic rings. The molecule has 0 aliphatic carbocycles. The Labute approximate surface area is 156 Å². The summed E-state index contributed by atoms with van der Waals surface area (Å²) in [5.41, 5.74) is 1.02. The predicted molar refractivity (Wildman–Crippen MR) is 105 cm³/mol. The second kappa shape index (κ2) is 6.21. The molecule has 8 heteroatoms. The van der Waals surface area contributed by atoms with E-state index in [1.54, 1.807) is 11.3 Å². The van der Waals surface area contributed by atoms with Crippen molar-refractivity contribution >= 4 is 39.1 Å². The molecule has 136 valence electrons. The highest BCUT2D eigenvalue weighted by Crippen LogP contribution is 2.36. The summed E-state index contributed by atoms with van der Waals surface area (Å²) in [5.74, 6) is 2.29. The molecule has 3 aromatic rings. The Balaban J connectivity index is 1.41. The first-order chi connectivity index (χ1) is 12.7. The maximum Gasteiger partial charge on any atom is 0.226 e. The topological polar surface area (TPSA) is 81.8 Å². The SMILES string of the molecule is Cc1cc(Nc2nc(N[C@@H]3C[C@H]4CC[C@@H](C3)N4C)nc3sccc23)n[nH]1. The van der Waals surface area contributed by atoms with Gasteiger partial charge in [0.2, 0.25) is 5.95 Å². The van der Waals surface area contributed by atoms with Gasteiger partial charge in [-0.1, -0.05) is 0 Å². The number of anilines is 3. The van der Waals surface area contributed by atoms with Crippen LogP contribution in [0.1, 0.15) is 31.4 Å². The summed E-state index contributed by atoms with van der Waals surface area (Å²) in [7, 11) is 2.26. The summed E-state index contributed by atoms with van der Waals surface area (Å²) in [4.78, 5) is 13.1. The molecule has 0 spiro atoms. The van der Waals surface area contributed by atoms with Gasteiger partial charge in [0, 0.05) is 29.9 Å². The van der Waals surface area contributed by atoms with Gasteiger partial charge in [-0.15, -0.1) is 11.3 Å². The molecule has 7 nitrogen and oxygen atoms in total. The lowest BCUT2D eigenvalue weighted by Gasteiger charge is -2.36. The van der Waals surface area contributed by atoms with Crippen LogP contribution in [0.15, 0.2) is 17.5 Å². The number of aryl methyl sites for hydroxylation is 1. The van der Waals surface area contributed by atoms with E-state index in [1.807, 2.05) is 13.0 Å². The van der Waals surface area contributed by atoms with E-state index in [2.05, 4.69) is 44.2 Å². The lowest BCUT2D eigenvalue weighted by molar-refractivity contribution is 0.168. The van der Waals surface area contributed by atoms with Crippen molar-refractivity contribution in [3.63, 3.8) is 0 Å². The van der Waals surface area contributed by atoms with Gasteiger partial charge in [0.05, 0.1) is 5.39 Å². The van der Waals surface area contributed by atoms with Crippen LogP contribution in [0.2, 0.25) is 0 Å². The number of nitrogens with one attached hydrogen (secondary N) is 3. The van der Waals surface area contributed by atoms with Crippen LogP contribution in [0, 0.1) is 6.92 Å². The molecule has 2 bridgehead atoms. The van der Waals surface area contributed by atoms with E-state index >= 15 is 0 Å². The molecule has 0 saturated carbocycles. The van der Waals surface area contributed by atoms with Gasteiger partial charge >= 0.3 is 0 Å². The van der Waals surface area contributed by atoms with Crippen molar-refractivity contribution in [2.45, 2.75) is 50.7 Å². The van der Waals surface area contributed by atoms with Gasteiger partial charge < -0.3 is 15.5 Å². The van der Waals surface area contributed by atoms with Crippen LogP contribution in [-0.4, -0.2) is 50.2 Å². The van der Waals surface area contributed by atoms with Gasteiger partial charge in [0.25, 0.3) is 0 Å². The molecule has 2 aliphatic heterocycles. The maximum atomic E-state index is 4.77. The molecule has 2 fully saturated rings. The minimum absolute atomic E-state index is 0.446. The van der Waals surface area contributed by atoms with Crippen molar-refractivity contribution < 1.29 is 0 Å². The summed E-state index contributed by atoms with van der Waals surface area (Å²) in [6.45, 7) is 1.99. The second-order valence-electron chi connectivity index (χ2n) is 7.46. The molecular weight excluding hydrogens is 346 g/mol. The first-order valence-corrected chi connectivity index (χ1v) is 10.1. The number of aromatic nitrogens is 4. The lowest BCUT2D eigenvalue weighted by Crippen LogP contribution is -2.44. The van der Waals surface area contributed by atoms with Gasteiger partial charge in [-0.25, -0.2) is 4.98 Å². The van der Waals surface area contributed by atoms with Crippen LogP contribution in [0.25, 0.3) is 10.2 Å². The van der Waals surface area contributed by atoms with E-state index in [4.69, 9.17) is 9.97 Å². The van der Waals surface area contributed by atoms with Crippen LogP contribution < -0.4 is 10.6 Å². The van der Waals surface area contributed by atoms with E-state index in [-0.39, 0.29) is 0 Å². The van der Waals surface area contributed by atoms with E-state index < -0.39 is 0 Å². The van der Waals surface area contributed by atoms with Gasteiger partial charge in [-0.2, -0.15) is 10.1 Å². The number of thiophene rings is 1. The molecule has 26 heavy (non-hydrogen) atoms. The number of hydrogen-bond donors (Lipinski definition) is 3. The molecule has 3 atom stereocenters. The van der Waals surface area contributed by atoms with Crippen molar-refractivity contribution in [3.05, 3.63) is 23.2 Å². The summed E-state index contributed by atoms with van der Waals surface area (Å²) >= 11 is 1.64. The fourth-order valence-corrected chi connectivity index (χ4v) is 5.09. The monoisotopic (exact) mass is 369 g/mol. The van der Waals surface area contributed by atoms with Crippen molar-refractivity contribution in [3.8, 4) is 0 Å². The Morgan fingerprint density at radius 3 is 2.77 bits per heavy atom. The molecule has 0 amide bonds. The normalized spacial score (nSPS) is 25.7. The number of aromatic amines is 1. The Kier molecular flexibility index (Phi) is 3.82. The van der Waals surface area contributed by atoms with Crippen LogP contribution in [0.4, 0.5) is 17.6 Å². The predicted octanol–water partition coefficient (Wildman–Crippen LogP) is 3.50. The summed E-state index contributed by atoms with van der Waals surface area (Å²) in [6, 6.07) is 5.87. The number of hydrogen-bond acceptors (Lipinski definition) is 7. The third-order valence-corrected chi connectivity index (χ3v) is 6.52. The molecular formula is C18H23N7S. The number of rotatable bonds is 4. The van der Waals surface area contributed by atoms with E-state index in [0.717, 1.165) is 27.5 Å². The fourth-order valence-electron chi connectivity index (χ4n) is 4.33. The van der Waals surface area contributed by atoms with E-state index in [0.29, 0.717) is 24.1 Å². The third-order valence-electron chi connectivity index (χ3n) is 5.71. The van der Waals surface area contributed by atoms with Crippen molar-refractivity contribution in [2.75, 3.05) is 17.7 Å². The van der Waals surface area contributed by atoms with Crippen molar-refractivity contribution in [2.24, 2.45) is 0 Å². The molecule has 5 heterocycles. The molecule has 3 aromatic heterocycles. The Bertz CT molecular complexity index is 919. The smallest absolute Gasteiger partial charge is 0.226 e. The zero-order valence-corrected chi connectivity index (χ0v) is 15.8. The Hall–Kier alpha value is -2.19. The highest BCUT2D eigenvalue weighted by molar-refractivity contribution is 7.16. The molecule has 0 radical (unpaired) electrons. The summed E-state index contributed by atoms with van der Waals surface area (Å²) in [5, 5.41) is 17.2. The van der Waals surface area contributed by atoms with Crippen LogP contribution >= 0.6 is 11.3 Å². The fraction of sp³-hybridized carbons (Fsp3) is 0.500. The number of nitrogens with zero attached hydrogens (tertiary/aromatic N) is 4. The first kappa shape index (κ1) is 16.0. The standard InChI is InChI=1S/C18H23N7S/c1-10-7-15(24-23-10)20-16-14-5-6-26-17(14)22-18(21-16)19-11-8-12-3-4-13(9-11)25(12)2/h5-7,11-13H,3-4,8-9H2,1-2H3,(H3,19,20,21,22,23,24)/t11-,12-,13+. The second-order valence-corrected chi connectivity index (χ2v) is 8.35. The highest BCUT2D eigenvalue weighted by Gasteiger charge is 2.38. The first-order valence-electron chi connectivity index (χ1n) is 9.18. The van der Waals surface area contributed by atoms with Gasteiger partial charge in [-0.3, -0.25) is 5.10 Å². The molecule has 2 saturated heterocycles. The minimum atomic E-state index is 0.446. The average molecular weight is 369 g/mol. The highest BCUT2D eigenvalue weighted by atomic mass is 32.1. The molecule has 5 rings (SSSR count). The number of fused-ring (bicyclic) bond motifs is 3. The van der Waals surface area contributed by atoms with Gasteiger partial charge in [0.15, 0.2) is 5.82 Å². The molecule has 0 aromatic carbocycles. The van der Waals surface area contributed by atoms with Crippen LogP contribution in [-0.2, 0) is 0 Å². The van der Waals surface area contributed by atoms with Crippen LogP contribution in [0.3, 0.4) is 0 Å². The largest absolute Gasteiger partial charge is 0.351 e. The Morgan fingerprint density at radius 2 is 2.04 bits per heavy atom. The van der Waals surface area contributed by atoms with E-state index in [1.165, 1.54) is 25.7 Å². The lowest BCUT2D eigenvalue weighted by atomic mass is 9.98. The minimum Gasteiger partial charge on any atom is -0.351 e.